The minimum Gasteiger partial charge on any atom is -0.469 e. The fourth-order valence-corrected chi connectivity index (χ4v) is 4.34. The first-order valence-corrected chi connectivity index (χ1v) is 8.25. The first-order chi connectivity index (χ1) is 9.61. The van der Waals surface area contributed by atoms with Gasteiger partial charge in [-0.25, -0.2) is 0 Å². The average molecular weight is 385 g/mol. The molecule has 0 aromatic heterocycles. The number of nitrogens with zero attached hydrogens (tertiary/aromatic N) is 1. The van der Waals surface area contributed by atoms with Crippen molar-refractivity contribution in [1.29, 1.82) is 0 Å². The average Bonchev–Trinajstić information content (AvgIpc) is 2.70. The van der Waals surface area contributed by atoms with Crippen LogP contribution >= 0.6 is 22.6 Å². The summed E-state index contributed by atoms with van der Waals surface area (Å²) in [6.07, 6.45) is 3.38. The molecule has 0 amide bonds. The number of piperidine rings is 1. The summed E-state index contributed by atoms with van der Waals surface area (Å²) >= 11 is 2.32. The molecule has 4 atom stereocenters. The van der Waals surface area contributed by atoms with E-state index in [1.54, 1.807) is 0 Å². The molecule has 2 aliphatic rings. The molecule has 0 radical (unpaired) electrons. The monoisotopic (exact) mass is 385 g/mol. The number of carbonyl (C=O) groups excluding carboxylic acids is 1. The van der Waals surface area contributed by atoms with Crippen LogP contribution < -0.4 is 0 Å². The fourth-order valence-electron chi connectivity index (χ4n) is 3.98. The number of fused-ring (bicyclic) bond motifs is 2. The Hall–Kier alpha value is -0.620. The maximum absolute atomic E-state index is 12.3. The predicted octanol–water partition coefficient (Wildman–Crippen LogP) is 3.03. The number of carbonyl (C=O) groups is 1. The summed E-state index contributed by atoms with van der Waals surface area (Å²) in [4.78, 5) is 14.7. The normalized spacial score (nSPS) is 33.1. The number of halogens is 1. The molecular formula is C16H20INO2. The van der Waals surface area contributed by atoms with Crippen molar-refractivity contribution >= 4 is 28.6 Å². The van der Waals surface area contributed by atoms with Crippen LogP contribution in [0.2, 0.25) is 0 Å². The molecule has 3 rings (SSSR count). The molecule has 2 fully saturated rings. The molecule has 2 aliphatic heterocycles. The smallest absolute Gasteiger partial charge is 0.310 e. The lowest BCUT2D eigenvalue weighted by molar-refractivity contribution is -0.150. The van der Waals surface area contributed by atoms with Crippen molar-refractivity contribution in [2.75, 3.05) is 14.2 Å². The van der Waals surface area contributed by atoms with E-state index in [2.05, 4.69) is 58.8 Å². The van der Waals surface area contributed by atoms with Crippen molar-refractivity contribution in [2.24, 2.45) is 5.92 Å². The van der Waals surface area contributed by atoms with Crippen LogP contribution in [0.1, 0.15) is 30.7 Å². The van der Waals surface area contributed by atoms with E-state index in [0.29, 0.717) is 18.0 Å². The first-order valence-electron chi connectivity index (χ1n) is 7.17. The second-order valence-electron chi connectivity index (χ2n) is 5.91. The Morgan fingerprint density at radius 1 is 1.30 bits per heavy atom. The topological polar surface area (TPSA) is 29.5 Å². The van der Waals surface area contributed by atoms with Crippen molar-refractivity contribution in [1.82, 2.24) is 4.90 Å². The third-order valence-electron chi connectivity index (χ3n) is 5.04. The van der Waals surface area contributed by atoms with Crippen molar-refractivity contribution in [3.8, 4) is 0 Å². The quantitative estimate of drug-likeness (QED) is 0.579. The molecule has 1 aromatic carbocycles. The largest absolute Gasteiger partial charge is 0.469 e. The zero-order valence-corrected chi connectivity index (χ0v) is 14.0. The lowest BCUT2D eigenvalue weighted by Crippen LogP contribution is -2.49. The fraction of sp³-hybridized carbons (Fsp3) is 0.562. The minimum absolute atomic E-state index is 0.0242. The van der Waals surface area contributed by atoms with Crippen LogP contribution in [0.4, 0.5) is 0 Å². The second kappa shape index (κ2) is 5.64. The Kier molecular flexibility index (Phi) is 4.04. The molecule has 2 saturated heterocycles. The van der Waals surface area contributed by atoms with E-state index in [0.717, 1.165) is 12.8 Å². The van der Waals surface area contributed by atoms with Gasteiger partial charge in [-0.15, -0.1) is 0 Å². The van der Waals surface area contributed by atoms with Crippen LogP contribution in [-0.2, 0) is 9.53 Å². The summed E-state index contributed by atoms with van der Waals surface area (Å²) < 4.78 is 6.33. The van der Waals surface area contributed by atoms with Crippen molar-refractivity contribution < 1.29 is 9.53 Å². The van der Waals surface area contributed by atoms with Crippen LogP contribution in [0.3, 0.4) is 0 Å². The summed E-state index contributed by atoms with van der Waals surface area (Å²) in [5.41, 5.74) is 1.28. The molecular weight excluding hydrogens is 365 g/mol. The summed E-state index contributed by atoms with van der Waals surface area (Å²) in [7, 11) is 3.66. The van der Waals surface area contributed by atoms with Crippen LogP contribution in [0, 0.1) is 9.49 Å². The van der Waals surface area contributed by atoms with Gasteiger partial charge in [0.25, 0.3) is 0 Å². The highest BCUT2D eigenvalue weighted by Gasteiger charge is 2.49. The van der Waals surface area contributed by atoms with Gasteiger partial charge in [0, 0.05) is 21.6 Å². The highest BCUT2D eigenvalue weighted by atomic mass is 127. The maximum atomic E-state index is 12.3. The van der Waals surface area contributed by atoms with Crippen LogP contribution in [-0.4, -0.2) is 37.1 Å². The zero-order valence-electron chi connectivity index (χ0n) is 11.9. The van der Waals surface area contributed by atoms with E-state index < -0.39 is 0 Å². The number of esters is 1. The van der Waals surface area contributed by atoms with E-state index in [4.69, 9.17) is 4.74 Å². The lowest BCUT2D eigenvalue weighted by Gasteiger charge is -2.41. The summed E-state index contributed by atoms with van der Waals surface area (Å²) in [6, 6.07) is 9.56. The molecule has 0 spiro atoms. The van der Waals surface area contributed by atoms with Gasteiger partial charge < -0.3 is 4.74 Å². The van der Waals surface area contributed by atoms with Gasteiger partial charge in [-0.2, -0.15) is 0 Å². The molecule has 1 aromatic rings. The van der Waals surface area contributed by atoms with E-state index in [1.807, 2.05) is 0 Å². The first kappa shape index (κ1) is 14.3. The Morgan fingerprint density at radius 3 is 2.65 bits per heavy atom. The zero-order chi connectivity index (χ0) is 14.3. The van der Waals surface area contributed by atoms with Gasteiger partial charge in [0.05, 0.1) is 13.0 Å². The Bertz CT molecular complexity index is 502. The van der Waals surface area contributed by atoms with E-state index >= 15 is 0 Å². The number of ether oxygens (including phenoxy) is 1. The number of benzene rings is 1. The summed E-state index contributed by atoms with van der Waals surface area (Å²) in [5.74, 6) is 0.225. The molecule has 2 bridgehead atoms. The predicted molar refractivity (Wildman–Crippen MR) is 86.6 cm³/mol. The molecule has 2 unspecified atom stereocenters. The molecule has 0 aliphatic carbocycles. The molecule has 3 nitrogen and oxygen atoms in total. The third-order valence-corrected chi connectivity index (χ3v) is 5.76. The van der Waals surface area contributed by atoms with Gasteiger partial charge in [0.1, 0.15) is 0 Å². The maximum Gasteiger partial charge on any atom is 0.310 e. The highest BCUT2D eigenvalue weighted by Crippen LogP contribution is 2.46. The van der Waals surface area contributed by atoms with Gasteiger partial charge in [0.15, 0.2) is 0 Å². The van der Waals surface area contributed by atoms with E-state index in [9.17, 15) is 4.79 Å². The highest BCUT2D eigenvalue weighted by molar-refractivity contribution is 14.1. The number of rotatable bonds is 2. The van der Waals surface area contributed by atoms with E-state index in [1.165, 1.54) is 22.7 Å². The Morgan fingerprint density at radius 2 is 2.00 bits per heavy atom. The van der Waals surface area contributed by atoms with Crippen LogP contribution in [0.15, 0.2) is 24.3 Å². The number of hydrogen-bond donors (Lipinski definition) is 0. The van der Waals surface area contributed by atoms with Crippen LogP contribution in [0.5, 0.6) is 0 Å². The molecule has 2 heterocycles. The standard InChI is InChI=1S/C16H20INO2/c1-18-12-7-8-14(18)15(16(19)20-2)13(9-12)10-3-5-11(17)6-4-10/h3-6,12-15H,7-9H2,1-2H3/t12?,13-,14?,15-/m1/s1. The third kappa shape index (κ3) is 2.37. The van der Waals surface area contributed by atoms with E-state index in [-0.39, 0.29) is 11.9 Å². The van der Waals surface area contributed by atoms with Crippen molar-refractivity contribution in [2.45, 2.75) is 37.3 Å². The molecule has 0 saturated carbocycles. The molecule has 108 valence electrons. The van der Waals surface area contributed by atoms with Crippen molar-refractivity contribution in [3.05, 3.63) is 33.4 Å². The van der Waals surface area contributed by atoms with Gasteiger partial charge in [-0.05, 0) is 66.6 Å². The van der Waals surface area contributed by atoms with Gasteiger partial charge in [-0.3, -0.25) is 9.69 Å². The molecule has 4 heteroatoms. The Balaban J connectivity index is 1.95. The summed E-state index contributed by atoms with van der Waals surface area (Å²) in [5, 5.41) is 0. The molecule has 20 heavy (non-hydrogen) atoms. The minimum atomic E-state index is -0.0502. The van der Waals surface area contributed by atoms with Crippen LogP contribution in [0.25, 0.3) is 0 Å². The number of hydrogen-bond acceptors (Lipinski definition) is 3. The second-order valence-corrected chi connectivity index (χ2v) is 7.15. The molecule has 0 N–H and O–H groups in total. The van der Waals surface area contributed by atoms with Crippen molar-refractivity contribution in [3.63, 3.8) is 0 Å². The van der Waals surface area contributed by atoms with Gasteiger partial charge in [0.2, 0.25) is 0 Å². The Labute approximate surface area is 133 Å². The summed E-state index contributed by atoms with van der Waals surface area (Å²) in [6.45, 7) is 0. The number of methoxy groups -OCH3 is 1. The lowest BCUT2D eigenvalue weighted by atomic mass is 9.76. The SMILES string of the molecule is COC(=O)[C@H]1C2CCC(C[C@@H]1c1ccc(I)cc1)N2C. The van der Waals surface area contributed by atoms with Gasteiger partial charge >= 0.3 is 5.97 Å². The van der Waals surface area contributed by atoms with Gasteiger partial charge in [-0.1, -0.05) is 12.1 Å².